The normalized spacial score (nSPS) is 18.0. The van der Waals surface area contributed by atoms with E-state index < -0.39 is 0 Å². The van der Waals surface area contributed by atoms with E-state index in [0.29, 0.717) is 13.2 Å². The van der Waals surface area contributed by atoms with E-state index in [-0.39, 0.29) is 6.04 Å². The summed E-state index contributed by atoms with van der Waals surface area (Å²) < 4.78 is 7.57. The van der Waals surface area contributed by atoms with Gasteiger partial charge in [0.2, 0.25) is 0 Å². The van der Waals surface area contributed by atoms with Crippen LogP contribution < -0.4 is 4.74 Å². The first-order valence-electron chi connectivity index (χ1n) is 7.72. The molecule has 0 fully saturated rings. The maximum absolute atomic E-state index is 5.83. The number of rotatable bonds is 4. The third-order valence-electron chi connectivity index (χ3n) is 3.87. The summed E-state index contributed by atoms with van der Waals surface area (Å²) in [5.74, 6) is 0.802. The number of nitrogens with zero attached hydrogens (tertiary/aromatic N) is 4. The largest absolute Gasteiger partial charge is 0.490 e. The van der Waals surface area contributed by atoms with Crippen molar-refractivity contribution in [2.24, 2.45) is 5.16 Å². The van der Waals surface area contributed by atoms with Gasteiger partial charge in [-0.1, -0.05) is 47.6 Å². The maximum Gasteiger partial charge on any atom is 0.142 e. The molecule has 3 aromatic rings. The molecule has 2 heterocycles. The Labute approximate surface area is 139 Å². The number of para-hydroxylation sites is 1. The Balaban J connectivity index is 1.63. The second kappa shape index (κ2) is 6.54. The van der Waals surface area contributed by atoms with Crippen LogP contribution in [0, 0.1) is 0 Å². The quantitative estimate of drug-likeness (QED) is 0.694. The van der Waals surface area contributed by atoms with E-state index in [0.717, 1.165) is 22.6 Å². The molecule has 1 aliphatic rings. The molecule has 0 aliphatic carbocycles. The van der Waals surface area contributed by atoms with Gasteiger partial charge in [0.05, 0.1) is 0 Å². The molecule has 2 aromatic carbocycles. The third-order valence-corrected chi connectivity index (χ3v) is 3.87. The average molecular weight is 320 g/mol. The van der Waals surface area contributed by atoms with Crippen LogP contribution in [0.2, 0.25) is 0 Å². The van der Waals surface area contributed by atoms with Crippen LogP contribution >= 0.6 is 0 Å². The van der Waals surface area contributed by atoms with E-state index in [1.54, 1.807) is 11.0 Å². The van der Waals surface area contributed by atoms with Crippen LogP contribution in [-0.4, -0.2) is 27.1 Å². The predicted molar refractivity (Wildman–Crippen MR) is 88.8 cm³/mol. The van der Waals surface area contributed by atoms with Crippen molar-refractivity contribution in [3.05, 3.63) is 78.4 Å². The first kappa shape index (κ1) is 14.4. The summed E-state index contributed by atoms with van der Waals surface area (Å²) in [5, 5.41) is 8.62. The van der Waals surface area contributed by atoms with Crippen molar-refractivity contribution < 1.29 is 9.57 Å². The zero-order valence-electron chi connectivity index (χ0n) is 12.9. The molecule has 6 nitrogen and oxygen atoms in total. The summed E-state index contributed by atoms with van der Waals surface area (Å²) in [6, 6.07) is 17.6. The molecule has 6 heteroatoms. The second-order valence-corrected chi connectivity index (χ2v) is 5.43. The van der Waals surface area contributed by atoms with Crippen molar-refractivity contribution in [1.29, 1.82) is 0 Å². The van der Waals surface area contributed by atoms with Gasteiger partial charge in [0.1, 0.15) is 43.4 Å². The van der Waals surface area contributed by atoms with Gasteiger partial charge in [0.15, 0.2) is 0 Å². The molecule has 120 valence electrons. The highest BCUT2D eigenvalue weighted by Crippen LogP contribution is 2.29. The molecular formula is C18H16N4O2. The zero-order chi connectivity index (χ0) is 16.2. The smallest absolute Gasteiger partial charge is 0.142 e. The van der Waals surface area contributed by atoms with Crippen LogP contribution in [0.4, 0.5) is 0 Å². The Morgan fingerprint density at radius 1 is 1.12 bits per heavy atom. The lowest BCUT2D eigenvalue weighted by atomic mass is 10.0. The molecule has 24 heavy (non-hydrogen) atoms. The highest BCUT2D eigenvalue weighted by Gasteiger charge is 2.29. The second-order valence-electron chi connectivity index (χ2n) is 5.43. The minimum Gasteiger partial charge on any atom is -0.490 e. The van der Waals surface area contributed by atoms with Crippen LogP contribution in [0.5, 0.6) is 5.75 Å². The molecule has 1 aliphatic heterocycles. The van der Waals surface area contributed by atoms with Crippen molar-refractivity contribution in [2.45, 2.75) is 12.6 Å². The van der Waals surface area contributed by atoms with Gasteiger partial charge < -0.3 is 9.57 Å². The van der Waals surface area contributed by atoms with Gasteiger partial charge in [-0.15, -0.1) is 0 Å². The molecule has 4 rings (SSSR count). The first-order valence-corrected chi connectivity index (χ1v) is 7.72. The Morgan fingerprint density at radius 2 is 1.96 bits per heavy atom. The number of fused-ring (bicyclic) bond motifs is 1. The summed E-state index contributed by atoms with van der Waals surface area (Å²) in [6.45, 7) is 0.853. The Morgan fingerprint density at radius 3 is 2.79 bits per heavy atom. The standard InChI is InChI=1S/C18H16N4O2/c1-2-6-14(7-3-1)10-24-21-18-15-8-4-5-9-17(15)23-11-16(18)22-13-19-12-20-22/h1-9,12-13,16H,10-11H2/b21-18-. The fraction of sp³-hybridized carbons (Fsp3) is 0.167. The molecular weight excluding hydrogens is 304 g/mol. The summed E-state index contributed by atoms with van der Waals surface area (Å²) in [5.41, 5.74) is 2.77. The van der Waals surface area contributed by atoms with E-state index in [4.69, 9.17) is 9.57 Å². The van der Waals surface area contributed by atoms with E-state index >= 15 is 0 Å². The summed E-state index contributed by atoms with van der Waals surface area (Å²) in [7, 11) is 0. The Kier molecular flexibility index (Phi) is 3.93. The monoisotopic (exact) mass is 320 g/mol. The number of hydrogen-bond donors (Lipinski definition) is 0. The lowest BCUT2D eigenvalue weighted by Crippen LogP contribution is -2.31. The Hall–Kier alpha value is -3.15. The first-order chi connectivity index (χ1) is 11.9. The van der Waals surface area contributed by atoms with Gasteiger partial charge in [-0.25, -0.2) is 9.67 Å². The SMILES string of the molecule is c1ccc(CO/N=C2/c3ccccc3OCC2n2cncn2)cc1. The van der Waals surface area contributed by atoms with E-state index in [9.17, 15) is 0 Å². The number of hydrogen-bond acceptors (Lipinski definition) is 5. The van der Waals surface area contributed by atoms with Crippen LogP contribution in [0.15, 0.2) is 72.4 Å². The lowest BCUT2D eigenvalue weighted by Gasteiger charge is -2.26. The number of oxime groups is 1. The highest BCUT2D eigenvalue weighted by atomic mass is 16.6. The van der Waals surface area contributed by atoms with E-state index in [1.165, 1.54) is 6.33 Å². The lowest BCUT2D eigenvalue weighted by molar-refractivity contribution is 0.127. The molecule has 1 aromatic heterocycles. The van der Waals surface area contributed by atoms with Gasteiger partial charge in [-0.05, 0) is 17.7 Å². The summed E-state index contributed by atoms with van der Waals surface area (Å²) in [6.07, 6.45) is 3.16. The van der Waals surface area contributed by atoms with Crippen LogP contribution in [0.25, 0.3) is 0 Å². The molecule has 1 unspecified atom stereocenters. The molecule has 0 spiro atoms. The molecule has 0 amide bonds. The predicted octanol–water partition coefficient (Wildman–Crippen LogP) is 2.83. The van der Waals surface area contributed by atoms with Gasteiger partial charge in [-0.3, -0.25) is 0 Å². The molecule has 0 saturated carbocycles. The number of aromatic nitrogens is 3. The fourth-order valence-corrected chi connectivity index (χ4v) is 2.67. The molecule has 0 bridgehead atoms. The van der Waals surface area contributed by atoms with Gasteiger partial charge in [0.25, 0.3) is 0 Å². The minimum atomic E-state index is -0.168. The van der Waals surface area contributed by atoms with Crippen LogP contribution in [-0.2, 0) is 11.4 Å². The average Bonchev–Trinajstić information content (AvgIpc) is 3.17. The maximum atomic E-state index is 5.83. The third kappa shape index (κ3) is 2.86. The van der Waals surface area contributed by atoms with Crippen LogP contribution in [0.3, 0.4) is 0 Å². The zero-order valence-corrected chi connectivity index (χ0v) is 12.9. The van der Waals surface area contributed by atoms with Crippen molar-refractivity contribution in [2.75, 3.05) is 6.61 Å². The van der Waals surface area contributed by atoms with Crippen molar-refractivity contribution in [3.63, 3.8) is 0 Å². The molecule has 0 N–H and O–H groups in total. The number of benzene rings is 2. The van der Waals surface area contributed by atoms with Crippen molar-refractivity contribution >= 4 is 5.71 Å². The molecule has 1 atom stereocenters. The van der Waals surface area contributed by atoms with Crippen molar-refractivity contribution in [3.8, 4) is 5.75 Å². The molecule has 0 saturated heterocycles. The van der Waals surface area contributed by atoms with Gasteiger partial charge >= 0.3 is 0 Å². The molecule has 0 radical (unpaired) electrons. The fourth-order valence-electron chi connectivity index (χ4n) is 2.67. The minimum absolute atomic E-state index is 0.168. The van der Waals surface area contributed by atoms with E-state index in [1.807, 2.05) is 54.6 Å². The summed E-state index contributed by atoms with van der Waals surface area (Å²) in [4.78, 5) is 9.63. The van der Waals surface area contributed by atoms with Crippen LogP contribution in [0.1, 0.15) is 17.2 Å². The van der Waals surface area contributed by atoms with Crippen molar-refractivity contribution in [1.82, 2.24) is 14.8 Å². The van der Waals surface area contributed by atoms with E-state index in [2.05, 4.69) is 15.2 Å². The van der Waals surface area contributed by atoms with Gasteiger partial charge in [-0.2, -0.15) is 5.10 Å². The highest BCUT2D eigenvalue weighted by molar-refractivity contribution is 6.06. The van der Waals surface area contributed by atoms with Gasteiger partial charge in [0, 0.05) is 5.56 Å². The topological polar surface area (TPSA) is 61.5 Å². The number of ether oxygens (including phenoxy) is 1. The Bertz CT molecular complexity index is 831. The summed E-state index contributed by atoms with van der Waals surface area (Å²) >= 11 is 0.